The summed E-state index contributed by atoms with van der Waals surface area (Å²) < 4.78 is 5.62. The average molecular weight is 290 g/mol. The molecule has 2 unspecified atom stereocenters. The quantitative estimate of drug-likeness (QED) is 0.876. The number of hydrogen-bond donors (Lipinski definition) is 2. The predicted molar refractivity (Wildman–Crippen MR) is 85.4 cm³/mol. The van der Waals surface area contributed by atoms with Crippen molar-refractivity contribution in [2.75, 3.05) is 18.5 Å². The van der Waals surface area contributed by atoms with Crippen molar-refractivity contribution >= 4 is 11.6 Å². The van der Waals surface area contributed by atoms with Gasteiger partial charge in [-0.1, -0.05) is 18.2 Å². The first-order valence-corrected chi connectivity index (χ1v) is 7.69. The van der Waals surface area contributed by atoms with Crippen LogP contribution in [0.25, 0.3) is 0 Å². The monoisotopic (exact) mass is 290 g/mol. The molecule has 1 aromatic carbocycles. The molecule has 0 spiro atoms. The standard InChI is InChI=1S/C17H26N2O2/c1-5-21-17(3,4)11-18-16(20)14-10-13-8-6-7-9-15(13)19-12(14)2/h6-9,12,14,19H,5,10-11H2,1-4H3,(H,18,20). The van der Waals surface area contributed by atoms with E-state index < -0.39 is 0 Å². The predicted octanol–water partition coefficient (Wildman–Crippen LogP) is 2.59. The Morgan fingerprint density at radius 3 is 2.86 bits per heavy atom. The molecule has 0 bridgehead atoms. The van der Waals surface area contributed by atoms with E-state index in [9.17, 15) is 4.79 Å². The van der Waals surface area contributed by atoms with Gasteiger partial charge in [0, 0.05) is 24.9 Å². The van der Waals surface area contributed by atoms with E-state index in [4.69, 9.17) is 4.74 Å². The van der Waals surface area contributed by atoms with Crippen LogP contribution >= 0.6 is 0 Å². The van der Waals surface area contributed by atoms with E-state index in [0.29, 0.717) is 13.2 Å². The van der Waals surface area contributed by atoms with Crippen LogP contribution in [-0.4, -0.2) is 30.7 Å². The molecule has 0 aromatic heterocycles. The fourth-order valence-corrected chi connectivity index (χ4v) is 2.79. The van der Waals surface area contributed by atoms with Crippen molar-refractivity contribution in [1.82, 2.24) is 5.32 Å². The molecule has 1 amide bonds. The number of benzene rings is 1. The smallest absolute Gasteiger partial charge is 0.225 e. The lowest BCUT2D eigenvalue weighted by Crippen LogP contribution is -2.47. The summed E-state index contributed by atoms with van der Waals surface area (Å²) >= 11 is 0. The highest BCUT2D eigenvalue weighted by Crippen LogP contribution is 2.28. The van der Waals surface area contributed by atoms with E-state index in [1.807, 2.05) is 32.9 Å². The molecule has 116 valence electrons. The molecule has 2 N–H and O–H groups in total. The molecule has 0 aliphatic carbocycles. The Bertz CT molecular complexity index is 499. The van der Waals surface area contributed by atoms with E-state index in [-0.39, 0.29) is 23.5 Å². The fourth-order valence-electron chi connectivity index (χ4n) is 2.79. The van der Waals surface area contributed by atoms with Gasteiger partial charge < -0.3 is 15.4 Å². The second-order valence-corrected chi connectivity index (χ2v) is 6.31. The topological polar surface area (TPSA) is 50.4 Å². The molecular formula is C17H26N2O2. The highest BCUT2D eigenvalue weighted by atomic mass is 16.5. The van der Waals surface area contributed by atoms with E-state index in [1.54, 1.807) is 0 Å². The minimum atomic E-state index is -0.326. The summed E-state index contributed by atoms with van der Waals surface area (Å²) in [6, 6.07) is 8.32. The van der Waals surface area contributed by atoms with Crippen LogP contribution in [0.15, 0.2) is 24.3 Å². The third-order valence-corrected chi connectivity index (χ3v) is 4.00. The lowest BCUT2D eigenvalue weighted by molar-refractivity contribution is -0.127. The summed E-state index contributed by atoms with van der Waals surface area (Å²) in [5.74, 6) is 0.0506. The maximum atomic E-state index is 12.5. The van der Waals surface area contributed by atoms with Crippen molar-refractivity contribution in [2.45, 2.75) is 45.8 Å². The van der Waals surface area contributed by atoms with Gasteiger partial charge in [-0.15, -0.1) is 0 Å². The number of rotatable bonds is 5. The van der Waals surface area contributed by atoms with Gasteiger partial charge in [0.2, 0.25) is 5.91 Å². The van der Waals surface area contributed by atoms with Crippen molar-refractivity contribution in [1.29, 1.82) is 0 Å². The van der Waals surface area contributed by atoms with E-state index in [2.05, 4.69) is 29.7 Å². The summed E-state index contributed by atoms with van der Waals surface area (Å²) in [6.45, 7) is 9.20. The van der Waals surface area contributed by atoms with Gasteiger partial charge in [0.1, 0.15) is 0 Å². The second kappa shape index (κ2) is 6.48. The molecule has 1 aliphatic heterocycles. The first-order chi connectivity index (χ1) is 9.93. The number of nitrogens with one attached hydrogen (secondary N) is 2. The van der Waals surface area contributed by atoms with E-state index >= 15 is 0 Å². The number of ether oxygens (including phenoxy) is 1. The Morgan fingerprint density at radius 2 is 2.14 bits per heavy atom. The SMILES string of the molecule is CCOC(C)(C)CNC(=O)C1Cc2ccccc2NC1C. The first-order valence-electron chi connectivity index (χ1n) is 7.69. The molecule has 0 saturated carbocycles. The van der Waals surface area contributed by atoms with E-state index in [1.165, 1.54) is 5.56 Å². The molecule has 2 rings (SSSR count). The van der Waals surface area contributed by atoms with Crippen LogP contribution in [0.4, 0.5) is 5.69 Å². The molecule has 2 atom stereocenters. The molecule has 0 saturated heterocycles. The van der Waals surface area contributed by atoms with Crippen LogP contribution < -0.4 is 10.6 Å². The zero-order valence-electron chi connectivity index (χ0n) is 13.4. The average Bonchev–Trinajstić information content (AvgIpc) is 2.44. The number of anilines is 1. The lowest BCUT2D eigenvalue weighted by atomic mass is 9.87. The van der Waals surface area contributed by atoms with Gasteiger partial charge in [0.25, 0.3) is 0 Å². The Balaban J connectivity index is 1.97. The van der Waals surface area contributed by atoms with Gasteiger partial charge in [0.15, 0.2) is 0 Å². The summed E-state index contributed by atoms with van der Waals surface area (Å²) in [5, 5.41) is 6.46. The van der Waals surface area contributed by atoms with Gasteiger partial charge >= 0.3 is 0 Å². The van der Waals surface area contributed by atoms with Crippen LogP contribution in [0.5, 0.6) is 0 Å². The van der Waals surface area contributed by atoms with Crippen LogP contribution in [-0.2, 0) is 16.0 Å². The molecule has 1 aromatic rings. The normalized spacial score (nSPS) is 21.3. The maximum Gasteiger partial charge on any atom is 0.225 e. The lowest BCUT2D eigenvalue weighted by Gasteiger charge is -2.33. The van der Waals surface area contributed by atoms with Gasteiger partial charge in [-0.2, -0.15) is 0 Å². The van der Waals surface area contributed by atoms with Crippen LogP contribution in [0.1, 0.15) is 33.3 Å². The summed E-state index contributed by atoms with van der Waals surface area (Å²) in [4.78, 5) is 12.5. The van der Waals surface area contributed by atoms with Crippen molar-refractivity contribution < 1.29 is 9.53 Å². The number of carbonyl (C=O) groups is 1. The Hall–Kier alpha value is -1.55. The van der Waals surface area contributed by atoms with Crippen molar-refractivity contribution in [3.8, 4) is 0 Å². The summed E-state index contributed by atoms with van der Waals surface area (Å²) in [5.41, 5.74) is 2.02. The number of carbonyl (C=O) groups excluding carboxylic acids is 1. The number of hydrogen-bond acceptors (Lipinski definition) is 3. The highest BCUT2D eigenvalue weighted by Gasteiger charge is 2.31. The Morgan fingerprint density at radius 1 is 1.43 bits per heavy atom. The zero-order chi connectivity index (χ0) is 15.5. The van der Waals surface area contributed by atoms with E-state index in [0.717, 1.165) is 12.1 Å². The summed E-state index contributed by atoms with van der Waals surface area (Å²) in [6.07, 6.45) is 0.783. The number of amides is 1. The number of para-hydroxylation sites is 1. The molecule has 4 heteroatoms. The van der Waals surface area contributed by atoms with Gasteiger partial charge in [0.05, 0.1) is 11.5 Å². The van der Waals surface area contributed by atoms with Crippen molar-refractivity contribution in [3.05, 3.63) is 29.8 Å². The molecule has 21 heavy (non-hydrogen) atoms. The fraction of sp³-hybridized carbons (Fsp3) is 0.588. The van der Waals surface area contributed by atoms with Crippen molar-refractivity contribution in [2.24, 2.45) is 5.92 Å². The Kier molecular flexibility index (Phi) is 4.88. The van der Waals surface area contributed by atoms with Crippen LogP contribution in [0.2, 0.25) is 0 Å². The van der Waals surface area contributed by atoms with Crippen LogP contribution in [0.3, 0.4) is 0 Å². The second-order valence-electron chi connectivity index (χ2n) is 6.31. The van der Waals surface area contributed by atoms with Crippen molar-refractivity contribution in [3.63, 3.8) is 0 Å². The van der Waals surface area contributed by atoms with Crippen LogP contribution in [0, 0.1) is 5.92 Å². The Labute approximate surface area is 127 Å². The number of fused-ring (bicyclic) bond motifs is 1. The molecular weight excluding hydrogens is 264 g/mol. The van der Waals surface area contributed by atoms with Gasteiger partial charge in [-0.25, -0.2) is 0 Å². The zero-order valence-corrected chi connectivity index (χ0v) is 13.4. The first kappa shape index (κ1) is 15.8. The third kappa shape index (κ3) is 3.97. The molecule has 1 aliphatic rings. The summed E-state index contributed by atoms with van der Waals surface area (Å²) in [7, 11) is 0. The molecule has 0 fully saturated rings. The molecule has 1 heterocycles. The molecule has 0 radical (unpaired) electrons. The van der Waals surface area contributed by atoms with Gasteiger partial charge in [-0.05, 0) is 45.7 Å². The molecule has 4 nitrogen and oxygen atoms in total. The highest BCUT2D eigenvalue weighted by molar-refractivity contribution is 5.81. The third-order valence-electron chi connectivity index (χ3n) is 4.00. The minimum Gasteiger partial charge on any atom is -0.382 e. The largest absolute Gasteiger partial charge is 0.382 e. The van der Waals surface area contributed by atoms with Gasteiger partial charge in [-0.3, -0.25) is 4.79 Å². The minimum absolute atomic E-state index is 0.0441. The maximum absolute atomic E-state index is 12.5.